The second kappa shape index (κ2) is 9.47. The maximum atomic E-state index is 12.1. The van der Waals surface area contributed by atoms with E-state index in [1.165, 1.54) is 11.3 Å². The van der Waals surface area contributed by atoms with Crippen molar-refractivity contribution < 1.29 is 9.72 Å². The third kappa shape index (κ3) is 5.64. The minimum atomic E-state index is -0.334. The number of nitrogens with zero attached hydrogens (tertiary/aromatic N) is 2. The zero-order chi connectivity index (χ0) is 16.9. The number of amides is 1. The van der Waals surface area contributed by atoms with Gasteiger partial charge in [0.05, 0.1) is 11.0 Å². The summed E-state index contributed by atoms with van der Waals surface area (Å²) in [5.41, 5.74) is 1.01. The van der Waals surface area contributed by atoms with Crippen LogP contribution in [0.5, 0.6) is 0 Å². The summed E-state index contributed by atoms with van der Waals surface area (Å²) in [6.07, 6.45) is 4.23. The first-order valence-corrected chi connectivity index (χ1v) is 9.45. The number of nitro groups is 1. The van der Waals surface area contributed by atoms with Gasteiger partial charge in [0.25, 0.3) is 0 Å². The number of thiophene rings is 1. The Bertz CT molecular complexity index is 592. The number of rotatable bonds is 6. The van der Waals surface area contributed by atoms with Gasteiger partial charge >= 0.3 is 5.00 Å². The Kier molecular flexibility index (Phi) is 7.61. The molecule has 2 aliphatic rings. The lowest BCUT2D eigenvalue weighted by molar-refractivity contribution is -0.380. The smallest absolute Gasteiger partial charge is 0.324 e. The van der Waals surface area contributed by atoms with Gasteiger partial charge in [-0.25, -0.2) is 0 Å². The van der Waals surface area contributed by atoms with Crippen molar-refractivity contribution in [1.82, 2.24) is 15.5 Å². The predicted octanol–water partition coefficient (Wildman–Crippen LogP) is 2.16. The topological polar surface area (TPSA) is 87.5 Å². The molecule has 1 aromatic heterocycles. The molecule has 3 rings (SSSR count). The van der Waals surface area contributed by atoms with E-state index in [4.69, 9.17) is 0 Å². The molecule has 0 bridgehead atoms. The van der Waals surface area contributed by atoms with Crippen LogP contribution in [0, 0.1) is 16.0 Å². The largest absolute Gasteiger partial charge is 0.354 e. The molecule has 0 radical (unpaired) electrons. The van der Waals surface area contributed by atoms with Gasteiger partial charge in [-0.3, -0.25) is 19.8 Å². The fourth-order valence-corrected chi connectivity index (χ4v) is 4.26. The zero-order valence-electron chi connectivity index (χ0n) is 14.1. The molecule has 9 heteroatoms. The van der Waals surface area contributed by atoms with Gasteiger partial charge in [-0.05, 0) is 50.3 Å². The Morgan fingerprint density at radius 3 is 2.96 bits per heavy atom. The molecule has 1 aromatic rings. The maximum Gasteiger partial charge on any atom is 0.324 e. The molecule has 2 unspecified atom stereocenters. The van der Waals surface area contributed by atoms with Crippen LogP contribution < -0.4 is 10.6 Å². The summed E-state index contributed by atoms with van der Waals surface area (Å²) in [7, 11) is 0. The number of carbonyl (C=O) groups excluding carboxylic acids is 1. The van der Waals surface area contributed by atoms with Crippen LogP contribution in [0.1, 0.15) is 31.2 Å². The SMILES string of the molecule is Cl.O=C(NCC1CCCN(Cc2csc([N+](=O)[O-])c2)C1)C1CCCN1. The third-order valence-corrected chi connectivity index (χ3v) is 5.70. The zero-order valence-corrected chi connectivity index (χ0v) is 15.7. The summed E-state index contributed by atoms with van der Waals surface area (Å²) in [5.74, 6) is 0.579. The number of hydrogen-bond acceptors (Lipinski definition) is 6. The number of carbonyl (C=O) groups is 1. The van der Waals surface area contributed by atoms with E-state index >= 15 is 0 Å². The average Bonchev–Trinajstić information content (AvgIpc) is 3.24. The summed E-state index contributed by atoms with van der Waals surface area (Å²) < 4.78 is 0. The number of likely N-dealkylation sites (tertiary alicyclic amines) is 1. The lowest BCUT2D eigenvalue weighted by Gasteiger charge is -2.32. The van der Waals surface area contributed by atoms with Gasteiger partial charge in [0.1, 0.15) is 0 Å². The molecular weight excluding hydrogens is 364 g/mol. The summed E-state index contributed by atoms with van der Waals surface area (Å²) in [4.78, 5) is 24.9. The average molecular weight is 389 g/mol. The van der Waals surface area contributed by atoms with Crippen molar-refractivity contribution in [3.63, 3.8) is 0 Å². The maximum absolute atomic E-state index is 12.1. The molecule has 1 amide bonds. The molecular formula is C16H25ClN4O3S. The highest BCUT2D eigenvalue weighted by atomic mass is 35.5. The van der Waals surface area contributed by atoms with Crippen LogP contribution in [0.3, 0.4) is 0 Å². The number of piperidine rings is 1. The molecule has 7 nitrogen and oxygen atoms in total. The molecule has 0 saturated carbocycles. The summed E-state index contributed by atoms with van der Waals surface area (Å²) in [6.45, 7) is 4.35. The Balaban J connectivity index is 0.00000225. The summed E-state index contributed by atoms with van der Waals surface area (Å²) in [5, 5.41) is 19.2. The van der Waals surface area contributed by atoms with Gasteiger partial charge in [-0.15, -0.1) is 12.4 Å². The van der Waals surface area contributed by atoms with Gasteiger partial charge in [0, 0.05) is 31.1 Å². The van der Waals surface area contributed by atoms with Crippen LogP contribution in [0.4, 0.5) is 5.00 Å². The minimum absolute atomic E-state index is 0. The van der Waals surface area contributed by atoms with Gasteiger partial charge in [0.15, 0.2) is 0 Å². The monoisotopic (exact) mass is 388 g/mol. The number of hydrogen-bond donors (Lipinski definition) is 2. The quantitative estimate of drug-likeness (QED) is 0.576. The molecule has 0 aromatic carbocycles. The van der Waals surface area contributed by atoms with E-state index in [9.17, 15) is 14.9 Å². The van der Waals surface area contributed by atoms with Crippen LogP contribution in [-0.4, -0.2) is 48.0 Å². The van der Waals surface area contributed by atoms with Crippen molar-refractivity contribution in [3.8, 4) is 0 Å². The lowest BCUT2D eigenvalue weighted by atomic mass is 9.97. The van der Waals surface area contributed by atoms with Crippen LogP contribution in [-0.2, 0) is 11.3 Å². The fourth-order valence-electron chi connectivity index (χ4n) is 3.54. The first kappa shape index (κ1) is 20.1. The highest BCUT2D eigenvalue weighted by Gasteiger charge is 2.25. The minimum Gasteiger partial charge on any atom is -0.354 e. The first-order chi connectivity index (χ1) is 11.6. The molecule has 2 atom stereocenters. The predicted molar refractivity (Wildman–Crippen MR) is 100 cm³/mol. The van der Waals surface area contributed by atoms with E-state index in [2.05, 4.69) is 15.5 Å². The number of halogens is 1. The molecule has 2 aliphatic heterocycles. The molecule has 2 fully saturated rings. The van der Waals surface area contributed by atoms with Crippen LogP contribution in [0.2, 0.25) is 0 Å². The van der Waals surface area contributed by atoms with Crippen molar-refractivity contribution in [3.05, 3.63) is 27.1 Å². The van der Waals surface area contributed by atoms with Gasteiger partial charge in [0.2, 0.25) is 5.91 Å². The van der Waals surface area contributed by atoms with Crippen molar-refractivity contribution in [2.45, 2.75) is 38.3 Å². The summed E-state index contributed by atoms with van der Waals surface area (Å²) >= 11 is 1.19. The lowest BCUT2D eigenvalue weighted by Crippen LogP contribution is -2.45. The van der Waals surface area contributed by atoms with E-state index in [1.54, 1.807) is 6.07 Å². The molecule has 25 heavy (non-hydrogen) atoms. The van der Waals surface area contributed by atoms with E-state index in [0.717, 1.165) is 64.0 Å². The van der Waals surface area contributed by atoms with Crippen LogP contribution in [0.25, 0.3) is 0 Å². The van der Waals surface area contributed by atoms with Crippen molar-refractivity contribution in [2.24, 2.45) is 5.92 Å². The second-order valence-electron chi connectivity index (χ2n) is 6.69. The number of nitrogens with one attached hydrogen (secondary N) is 2. The highest BCUT2D eigenvalue weighted by molar-refractivity contribution is 7.13. The molecule has 2 saturated heterocycles. The fraction of sp³-hybridized carbons (Fsp3) is 0.688. The Morgan fingerprint density at radius 1 is 1.44 bits per heavy atom. The van der Waals surface area contributed by atoms with E-state index in [-0.39, 0.29) is 34.3 Å². The molecule has 0 aliphatic carbocycles. The van der Waals surface area contributed by atoms with Crippen molar-refractivity contribution in [1.29, 1.82) is 0 Å². The van der Waals surface area contributed by atoms with Gasteiger partial charge in [-0.2, -0.15) is 0 Å². The Hall–Kier alpha value is -1.22. The molecule has 3 heterocycles. The van der Waals surface area contributed by atoms with Crippen LogP contribution in [0.15, 0.2) is 11.4 Å². The summed E-state index contributed by atoms with van der Waals surface area (Å²) in [6, 6.07) is 1.65. The van der Waals surface area contributed by atoms with Gasteiger partial charge < -0.3 is 10.6 Å². The Morgan fingerprint density at radius 2 is 2.28 bits per heavy atom. The van der Waals surface area contributed by atoms with Crippen molar-refractivity contribution in [2.75, 3.05) is 26.2 Å². The van der Waals surface area contributed by atoms with E-state index < -0.39 is 0 Å². The van der Waals surface area contributed by atoms with E-state index in [0.29, 0.717) is 5.92 Å². The first-order valence-electron chi connectivity index (χ1n) is 8.57. The third-order valence-electron chi connectivity index (χ3n) is 4.77. The molecule has 2 N–H and O–H groups in total. The second-order valence-corrected chi connectivity index (χ2v) is 7.58. The van der Waals surface area contributed by atoms with Gasteiger partial charge in [-0.1, -0.05) is 11.3 Å². The standard InChI is InChI=1S/C16H24N4O3S.ClH/c21-16(14-4-1-5-17-14)18-8-12-3-2-6-19(9-12)10-13-7-15(20(22)23)24-11-13;/h7,11-12,14,17H,1-6,8-10H2,(H,18,21);1H. The Labute approximate surface area is 157 Å². The normalized spacial score (nSPS) is 23.8. The molecule has 0 spiro atoms. The van der Waals surface area contributed by atoms with Crippen molar-refractivity contribution >= 4 is 34.7 Å². The van der Waals surface area contributed by atoms with E-state index in [1.807, 2.05) is 5.38 Å². The van der Waals surface area contributed by atoms with Crippen LogP contribution >= 0.6 is 23.7 Å². The molecule has 140 valence electrons. The highest BCUT2D eigenvalue weighted by Crippen LogP contribution is 2.25.